The summed E-state index contributed by atoms with van der Waals surface area (Å²) in [4.78, 5) is 20.3. The number of benzene rings is 1. The number of rotatable bonds is 4. The Kier molecular flexibility index (Phi) is 4.92. The maximum Gasteiger partial charge on any atom is 0.240 e. The van der Waals surface area contributed by atoms with E-state index in [0.29, 0.717) is 11.9 Å². The number of likely N-dealkylation sites (tertiary alicyclic amines) is 3. The van der Waals surface area contributed by atoms with Gasteiger partial charge in [0, 0.05) is 58.5 Å². The summed E-state index contributed by atoms with van der Waals surface area (Å²) in [5.41, 5.74) is 1.41. The molecule has 146 valence electrons. The average Bonchev–Trinajstić information content (AvgIpc) is 3.36. The third kappa shape index (κ3) is 3.53. The lowest BCUT2D eigenvalue weighted by Gasteiger charge is -2.32. The van der Waals surface area contributed by atoms with Gasteiger partial charge in [-0.1, -0.05) is 30.3 Å². The van der Waals surface area contributed by atoms with Crippen LogP contribution in [0.4, 0.5) is 0 Å². The van der Waals surface area contributed by atoms with E-state index in [1.165, 1.54) is 18.7 Å². The van der Waals surface area contributed by atoms with Gasteiger partial charge in [-0.3, -0.25) is 14.6 Å². The molecule has 4 heterocycles. The molecule has 4 aliphatic heterocycles. The van der Waals surface area contributed by atoms with Crippen molar-refractivity contribution in [3.05, 3.63) is 35.9 Å². The molecule has 0 saturated carbocycles. The molecule has 4 fully saturated rings. The van der Waals surface area contributed by atoms with Crippen LogP contribution in [0, 0.1) is 11.8 Å². The van der Waals surface area contributed by atoms with Crippen LogP contribution in [-0.4, -0.2) is 78.6 Å². The standard InChI is InChI=1S/C22H31N3O2/c26-22-21(6-9-25(22)20-7-10-27-11-8-20)24-15-18-13-23(14-19(18)16-24)12-17-4-2-1-3-5-17/h1-5,18-21H,6-16H2/t18-,19+,21?. The Labute approximate surface area is 162 Å². The number of ether oxygens (including phenoxy) is 1. The SMILES string of the molecule is O=C1C(N2C[C@H]3CN(Cc4ccccc4)C[C@H]3C2)CCN1C1CCOCC1. The van der Waals surface area contributed by atoms with Crippen LogP contribution in [0.1, 0.15) is 24.8 Å². The van der Waals surface area contributed by atoms with Gasteiger partial charge in [0.25, 0.3) is 0 Å². The van der Waals surface area contributed by atoms with Crippen LogP contribution in [0.3, 0.4) is 0 Å². The van der Waals surface area contributed by atoms with Gasteiger partial charge in [0.2, 0.25) is 5.91 Å². The second-order valence-electron chi connectivity index (χ2n) is 8.83. The third-order valence-electron chi connectivity index (χ3n) is 7.12. The van der Waals surface area contributed by atoms with E-state index in [-0.39, 0.29) is 6.04 Å². The molecule has 1 unspecified atom stereocenters. The summed E-state index contributed by atoms with van der Waals surface area (Å²) in [7, 11) is 0. The fraction of sp³-hybridized carbons (Fsp3) is 0.682. The maximum atomic E-state index is 13.1. The first-order chi connectivity index (χ1) is 13.3. The zero-order valence-electron chi connectivity index (χ0n) is 16.1. The van der Waals surface area contributed by atoms with E-state index < -0.39 is 0 Å². The lowest BCUT2D eigenvalue weighted by Crippen LogP contribution is -2.46. The largest absolute Gasteiger partial charge is 0.381 e. The van der Waals surface area contributed by atoms with Crippen LogP contribution < -0.4 is 0 Å². The van der Waals surface area contributed by atoms with E-state index in [9.17, 15) is 4.79 Å². The summed E-state index contributed by atoms with van der Waals surface area (Å²) in [5, 5.41) is 0. The van der Waals surface area contributed by atoms with Crippen LogP contribution in [-0.2, 0) is 16.1 Å². The Bertz CT molecular complexity index is 647. The monoisotopic (exact) mass is 369 g/mol. The average molecular weight is 370 g/mol. The Morgan fingerprint density at radius 3 is 2.33 bits per heavy atom. The summed E-state index contributed by atoms with van der Waals surface area (Å²) in [6.45, 7) is 8.20. The summed E-state index contributed by atoms with van der Waals surface area (Å²) < 4.78 is 5.47. The van der Waals surface area contributed by atoms with Gasteiger partial charge in [-0.2, -0.15) is 0 Å². The van der Waals surface area contributed by atoms with Crippen LogP contribution in [0.25, 0.3) is 0 Å². The van der Waals surface area contributed by atoms with Crippen molar-refractivity contribution in [1.82, 2.24) is 14.7 Å². The summed E-state index contributed by atoms with van der Waals surface area (Å²) in [5.74, 6) is 1.86. The minimum atomic E-state index is 0.140. The molecule has 5 rings (SSSR count). The fourth-order valence-corrected chi connectivity index (χ4v) is 5.74. The number of hydrogen-bond acceptors (Lipinski definition) is 4. The van der Waals surface area contributed by atoms with Crippen molar-refractivity contribution in [2.24, 2.45) is 11.8 Å². The first kappa shape index (κ1) is 17.7. The van der Waals surface area contributed by atoms with Crippen molar-refractivity contribution in [3.8, 4) is 0 Å². The van der Waals surface area contributed by atoms with E-state index in [2.05, 4.69) is 45.0 Å². The molecule has 3 atom stereocenters. The van der Waals surface area contributed by atoms with Crippen molar-refractivity contribution in [2.75, 3.05) is 45.9 Å². The van der Waals surface area contributed by atoms with E-state index in [1.54, 1.807) is 0 Å². The van der Waals surface area contributed by atoms with Crippen LogP contribution in [0.2, 0.25) is 0 Å². The lowest BCUT2D eigenvalue weighted by molar-refractivity contribution is -0.135. The van der Waals surface area contributed by atoms with Crippen LogP contribution in [0.15, 0.2) is 30.3 Å². The van der Waals surface area contributed by atoms with Gasteiger partial charge in [0.15, 0.2) is 0 Å². The van der Waals surface area contributed by atoms with Crippen molar-refractivity contribution < 1.29 is 9.53 Å². The molecule has 0 aliphatic carbocycles. The van der Waals surface area contributed by atoms with Crippen LogP contribution >= 0.6 is 0 Å². The molecule has 4 saturated heterocycles. The van der Waals surface area contributed by atoms with E-state index >= 15 is 0 Å². The van der Waals surface area contributed by atoms with Crippen molar-refractivity contribution in [1.29, 1.82) is 0 Å². The molecule has 1 aromatic carbocycles. The molecule has 27 heavy (non-hydrogen) atoms. The van der Waals surface area contributed by atoms with E-state index in [4.69, 9.17) is 4.74 Å². The zero-order chi connectivity index (χ0) is 18.2. The summed E-state index contributed by atoms with van der Waals surface area (Å²) in [6, 6.07) is 11.3. The number of carbonyl (C=O) groups is 1. The highest BCUT2D eigenvalue weighted by Gasteiger charge is 2.46. The van der Waals surface area contributed by atoms with E-state index in [1.807, 2.05) is 0 Å². The van der Waals surface area contributed by atoms with Gasteiger partial charge < -0.3 is 9.64 Å². The minimum Gasteiger partial charge on any atom is -0.381 e. The first-order valence-corrected chi connectivity index (χ1v) is 10.7. The van der Waals surface area contributed by atoms with Crippen LogP contribution in [0.5, 0.6) is 0 Å². The predicted molar refractivity (Wildman–Crippen MR) is 104 cm³/mol. The molecule has 5 heteroatoms. The van der Waals surface area contributed by atoms with Gasteiger partial charge >= 0.3 is 0 Å². The zero-order valence-corrected chi connectivity index (χ0v) is 16.1. The number of fused-ring (bicyclic) bond motifs is 1. The molecule has 0 radical (unpaired) electrons. The molecule has 1 aromatic rings. The normalized spacial score (nSPS) is 33.1. The maximum absolute atomic E-state index is 13.1. The molecule has 4 aliphatic rings. The lowest BCUT2D eigenvalue weighted by atomic mass is 10.0. The number of amides is 1. The Morgan fingerprint density at radius 1 is 0.926 bits per heavy atom. The Morgan fingerprint density at radius 2 is 1.63 bits per heavy atom. The highest BCUT2D eigenvalue weighted by atomic mass is 16.5. The van der Waals surface area contributed by atoms with Crippen molar-refractivity contribution >= 4 is 5.91 Å². The molecule has 1 amide bonds. The second kappa shape index (κ2) is 7.53. The number of carbonyl (C=O) groups excluding carboxylic acids is 1. The quantitative estimate of drug-likeness (QED) is 0.811. The third-order valence-corrected chi connectivity index (χ3v) is 7.12. The van der Waals surface area contributed by atoms with Gasteiger partial charge in [-0.25, -0.2) is 0 Å². The number of hydrogen-bond donors (Lipinski definition) is 0. The Balaban J connectivity index is 1.15. The minimum absolute atomic E-state index is 0.140. The molecule has 5 nitrogen and oxygen atoms in total. The van der Waals surface area contributed by atoms with Crippen molar-refractivity contribution in [2.45, 2.75) is 37.9 Å². The first-order valence-electron chi connectivity index (χ1n) is 10.7. The van der Waals surface area contributed by atoms with E-state index in [0.717, 1.165) is 70.5 Å². The number of nitrogens with zero attached hydrogens (tertiary/aromatic N) is 3. The topological polar surface area (TPSA) is 36.0 Å². The molecular weight excluding hydrogens is 338 g/mol. The Hall–Kier alpha value is -1.43. The predicted octanol–water partition coefficient (Wildman–Crippen LogP) is 1.83. The smallest absolute Gasteiger partial charge is 0.240 e. The van der Waals surface area contributed by atoms with Gasteiger partial charge in [-0.05, 0) is 36.7 Å². The second-order valence-corrected chi connectivity index (χ2v) is 8.83. The molecule has 0 aromatic heterocycles. The van der Waals surface area contributed by atoms with Crippen molar-refractivity contribution in [3.63, 3.8) is 0 Å². The van der Waals surface area contributed by atoms with Gasteiger partial charge in [-0.15, -0.1) is 0 Å². The summed E-state index contributed by atoms with van der Waals surface area (Å²) >= 11 is 0. The molecule has 0 spiro atoms. The highest BCUT2D eigenvalue weighted by molar-refractivity contribution is 5.84. The fourth-order valence-electron chi connectivity index (χ4n) is 5.74. The highest BCUT2D eigenvalue weighted by Crippen LogP contribution is 2.35. The molecule has 0 N–H and O–H groups in total. The van der Waals surface area contributed by atoms with Gasteiger partial charge in [0.05, 0.1) is 6.04 Å². The summed E-state index contributed by atoms with van der Waals surface area (Å²) in [6.07, 6.45) is 3.04. The molecular formula is C22H31N3O2. The molecule has 0 bridgehead atoms. The van der Waals surface area contributed by atoms with Gasteiger partial charge in [0.1, 0.15) is 0 Å².